The zero-order valence-corrected chi connectivity index (χ0v) is 11.2. The number of rotatable bonds is 2. The normalized spacial score (nSPS) is 28.6. The van der Waals surface area contributed by atoms with Gasteiger partial charge in [0.25, 0.3) is 0 Å². The first-order chi connectivity index (χ1) is 7.92. The average Bonchev–Trinajstić information content (AvgIpc) is 2.54. The van der Waals surface area contributed by atoms with Crippen molar-refractivity contribution in [1.29, 1.82) is 0 Å². The summed E-state index contributed by atoms with van der Waals surface area (Å²) < 4.78 is 5.49. The molecule has 2 nitrogen and oxygen atoms in total. The van der Waals surface area contributed by atoms with E-state index >= 15 is 0 Å². The minimum atomic E-state index is -0.690. The van der Waals surface area contributed by atoms with Crippen molar-refractivity contribution in [2.45, 2.75) is 52.2 Å². The summed E-state index contributed by atoms with van der Waals surface area (Å²) in [7, 11) is 0. The van der Waals surface area contributed by atoms with Gasteiger partial charge in [0, 0.05) is 19.4 Å². The van der Waals surface area contributed by atoms with Crippen molar-refractivity contribution in [3.8, 4) is 0 Å². The molecule has 0 radical (unpaired) electrons. The van der Waals surface area contributed by atoms with Crippen LogP contribution in [0.1, 0.15) is 35.6 Å². The molecule has 2 atom stereocenters. The predicted molar refractivity (Wildman–Crippen MR) is 69.3 cm³/mol. The topological polar surface area (TPSA) is 29.5 Å². The third kappa shape index (κ3) is 2.38. The molecule has 1 aliphatic rings. The Balaban J connectivity index is 2.30. The molecule has 0 aliphatic carbocycles. The molecule has 94 valence electrons. The summed E-state index contributed by atoms with van der Waals surface area (Å²) in [6, 6.07) is 4.37. The number of benzene rings is 1. The van der Waals surface area contributed by atoms with Crippen LogP contribution in [0, 0.1) is 20.8 Å². The maximum Gasteiger partial charge on any atom is 0.0967 e. The van der Waals surface area contributed by atoms with Gasteiger partial charge >= 0.3 is 0 Å². The first-order valence-electron chi connectivity index (χ1n) is 6.33. The minimum absolute atomic E-state index is 0.0670. The number of aryl methyl sites for hydroxylation is 3. The summed E-state index contributed by atoms with van der Waals surface area (Å²) in [5.41, 5.74) is 4.41. The van der Waals surface area contributed by atoms with Crippen LogP contribution in [0.25, 0.3) is 0 Å². The molecule has 0 aromatic heterocycles. The molecule has 1 aliphatic heterocycles. The molecule has 0 spiro atoms. The zero-order valence-electron chi connectivity index (χ0n) is 11.2. The van der Waals surface area contributed by atoms with Crippen LogP contribution >= 0.6 is 0 Å². The Labute approximate surface area is 104 Å². The van der Waals surface area contributed by atoms with Gasteiger partial charge < -0.3 is 9.84 Å². The molecule has 17 heavy (non-hydrogen) atoms. The largest absolute Gasteiger partial charge is 0.387 e. The van der Waals surface area contributed by atoms with E-state index in [2.05, 4.69) is 32.9 Å². The molecule has 1 aromatic rings. The van der Waals surface area contributed by atoms with Crippen molar-refractivity contribution >= 4 is 0 Å². The number of ether oxygens (including phenoxy) is 1. The predicted octanol–water partition coefficient (Wildman–Crippen LogP) is 2.69. The summed E-state index contributed by atoms with van der Waals surface area (Å²) in [5, 5.41) is 10.6. The van der Waals surface area contributed by atoms with Crippen molar-refractivity contribution in [2.24, 2.45) is 0 Å². The summed E-state index contributed by atoms with van der Waals surface area (Å²) in [6.45, 7) is 8.99. The van der Waals surface area contributed by atoms with Crippen LogP contribution in [-0.2, 0) is 11.2 Å². The van der Waals surface area contributed by atoms with E-state index in [1.807, 2.05) is 6.92 Å². The quantitative estimate of drug-likeness (QED) is 0.852. The lowest BCUT2D eigenvalue weighted by Crippen LogP contribution is -2.38. The fourth-order valence-corrected chi connectivity index (χ4v) is 2.80. The Bertz CT molecular complexity index is 402. The van der Waals surface area contributed by atoms with Crippen molar-refractivity contribution in [2.75, 3.05) is 6.61 Å². The van der Waals surface area contributed by atoms with Crippen molar-refractivity contribution < 1.29 is 9.84 Å². The van der Waals surface area contributed by atoms with Gasteiger partial charge in [-0.3, -0.25) is 0 Å². The monoisotopic (exact) mass is 234 g/mol. The van der Waals surface area contributed by atoms with E-state index < -0.39 is 5.60 Å². The Kier molecular flexibility index (Phi) is 3.28. The summed E-state index contributed by atoms with van der Waals surface area (Å²) in [4.78, 5) is 0. The van der Waals surface area contributed by atoms with Crippen LogP contribution in [0.15, 0.2) is 12.1 Å². The SMILES string of the molecule is Cc1cc(C)c(CC2(O)CCOC2C)c(C)c1. The van der Waals surface area contributed by atoms with Gasteiger partial charge in [0.2, 0.25) is 0 Å². The first kappa shape index (κ1) is 12.6. The smallest absolute Gasteiger partial charge is 0.0967 e. The fourth-order valence-electron chi connectivity index (χ4n) is 2.80. The van der Waals surface area contributed by atoms with E-state index in [1.54, 1.807) is 0 Å². The number of hydrogen-bond donors (Lipinski definition) is 1. The molecule has 0 amide bonds. The van der Waals surface area contributed by atoms with E-state index in [0.29, 0.717) is 13.0 Å². The van der Waals surface area contributed by atoms with E-state index in [-0.39, 0.29) is 6.10 Å². The lowest BCUT2D eigenvalue weighted by Gasteiger charge is -2.27. The number of hydrogen-bond acceptors (Lipinski definition) is 2. The van der Waals surface area contributed by atoms with Crippen LogP contribution < -0.4 is 0 Å². The Hall–Kier alpha value is -0.860. The Morgan fingerprint density at radius 3 is 2.35 bits per heavy atom. The Morgan fingerprint density at radius 1 is 1.29 bits per heavy atom. The van der Waals surface area contributed by atoms with Gasteiger partial charge in [0.05, 0.1) is 11.7 Å². The second-order valence-electron chi connectivity index (χ2n) is 5.42. The molecule has 1 N–H and O–H groups in total. The summed E-state index contributed by atoms with van der Waals surface area (Å²) in [5.74, 6) is 0. The van der Waals surface area contributed by atoms with Gasteiger partial charge in [-0.15, -0.1) is 0 Å². The van der Waals surface area contributed by atoms with Gasteiger partial charge in [0.1, 0.15) is 0 Å². The van der Waals surface area contributed by atoms with Crippen LogP contribution in [0.4, 0.5) is 0 Å². The third-order valence-corrected chi connectivity index (χ3v) is 3.98. The maximum atomic E-state index is 10.6. The molecule has 0 saturated carbocycles. The third-order valence-electron chi connectivity index (χ3n) is 3.98. The van der Waals surface area contributed by atoms with Crippen LogP contribution in [0.2, 0.25) is 0 Å². The second-order valence-corrected chi connectivity index (χ2v) is 5.42. The highest BCUT2D eigenvalue weighted by Crippen LogP contribution is 2.31. The zero-order chi connectivity index (χ0) is 12.6. The van der Waals surface area contributed by atoms with Gasteiger partial charge in [0.15, 0.2) is 0 Å². The van der Waals surface area contributed by atoms with Crippen molar-refractivity contribution in [1.82, 2.24) is 0 Å². The molecule has 1 saturated heterocycles. The van der Waals surface area contributed by atoms with Gasteiger partial charge in [-0.05, 0) is 44.4 Å². The molecular formula is C15H22O2. The maximum absolute atomic E-state index is 10.6. The van der Waals surface area contributed by atoms with Gasteiger partial charge in [-0.2, -0.15) is 0 Å². The Morgan fingerprint density at radius 2 is 1.88 bits per heavy atom. The molecule has 0 bridgehead atoms. The molecule has 2 rings (SSSR count). The molecule has 1 aromatic carbocycles. The molecular weight excluding hydrogens is 212 g/mol. The molecule has 1 fully saturated rings. The summed E-state index contributed by atoms with van der Waals surface area (Å²) >= 11 is 0. The molecule has 2 heteroatoms. The minimum Gasteiger partial charge on any atom is -0.387 e. The van der Waals surface area contributed by atoms with E-state index in [1.165, 1.54) is 22.3 Å². The van der Waals surface area contributed by atoms with Crippen LogP contribution in [0.5, 0.6) is 0 Å². The highest BCUT2D eigenvalue weighted by atomic mass is 16.5. The van der Waals surface area contributed by atoms with E-state index in [0.717, 1.165) is 6.42 Å². The average molecular weight is 234 g/mol. The number of aliphatic hydroxyl groups is 1. The fraction of sp³-hybridized carbons (Fsp3) is 0.600. The van der Waals surface area contributed by atoms with Crippen LogP contribution in [-0.4, -0.2) is 23.4 Å². The molecule has 2 unspecified atom stereocenters. The first-order valence-corrected chi connectivity index (χ1v) is 6.33. The van der Waals surface area contributed by atoms with E-state index in [9.17, 15) is 5.11 Å². The second kappa shape index (κ2) is 4.43. The highest BCUT2D eigenvalue weighted by molar-refractivity contribution is 5.38. The summed E-state index contributed by atoms with van der Waals surface area (Å²) in [6.07, 6.45) is 1.37. The van der Waals surface area contributed by atoms with E-state index in [4.69, 9.17) is 4.74 Å². The van der Waals surface area contributed by atoms with Crippen molar-refractivity contribution in [3.05, 3.63) is 34.4 Å². The lowest BCUT2D eigenvalue weighted by molar-refractivity contribution is -0.0270. The standard InChI is InChI=1S/C15H22O2/c1-10-7-11(2)14(12(3)8-10)9-15(16)5-6-17-13(15)4/h7-8,13,16H,5-6,9H2,1-4H3. The lowest BCUT2D eigenvalue weighted by atomic mass is 9.85. The highest BCUT2D eigenvalue weighted by Gasteiger charge is 2.39. The van der Waals surface area contributed by atoms with Gasteiger partial charge in [-0.25, -0.2) is 0 Å². The molecule has 1 heterocycles. The van der Waals surface area contributed by atoms with Crippen molar-refractivity contribution in [3.63, 3.8) is 0 Å². The van der Waals surface area contributed by atoms with Gasteiger partial charge in [-0.1, -0.05) is 17.7 Å². The van der Waals surface area contributed by atoms with Crippen LogP contribution in [0.3, 0.4) is 0 Å².